The third-order valence-electron chi connectivity index (χ3n) is 1.15. The summed E-state index contributed by atoms with van der Waals surface area (Å²) in [4.78, 5) is 21.4. The van der Waals surface area contributed by atoms with E-state index < -0.39 is 5.97 Å². The normalized spacial score (nSPS) is 9.21. The van der Waals surface area contributed by atoms with Crippen molar-refractivity contribution in [2.24, 2.45) is 0 Å². The summed E-state index contributed by atoms with van der Waals surface area (Å²) in [6.45, 7) is 3.36. The zero-order chi connectivity index (χ0) is 10.8. The monoisotopic (exact) mass is 236 g/mol. The number of ether oxygens (including phenoxy) is 2. The SMILES string of the molecule is C=CC(=O)OCCOC(=O)CCSS. The fraction of sp³-hybridized carbons (Fsp3) is 0.500. The lowest BCUT2D eigenvalue weighted by Crippen LogP contribution is -2.12. The summed E-state index contributed by atoms with van der Waals surface area (Å²) >= 11 is 3.87. The van der Waals surface area contributed by atoms with Crippen LogP contribution in [0.15, 0.2) is 12.7 Å². The van der Waals surface area contributed by atoms with Gasteiger partial charge in [0.25, 0.3) is 0 Å². The molecule has 14 heavy (non-hydrogen) atoms. The zero-order valence-electron chi connectivity index (χ0n) is 7.60. The summed E-state index contributed by atoms with van der Waals surface area (Å²) < 4.78 is 9.33. The molecule has 0 bridgehead atoms. The van der Waals surface area contributed by atoms with Gasteiger partial charge in [-0.3, -0.25) is 4.79 Å². The number of thiol groups is 1. The van der Waals surface area contributed by atoms with E-state index in [9.17, 15) is 9.59 Å². The first kappa shape index (κ1) is 13.4. The molecule has 0 amide bonds. The van der Waals surface area contributed by atoms with Crippen LogP contribution in [0.1, 0.15) is 6.42 Å². The van der Waals surface area contributed by atoms with Crippen LogP contribution >= 0.6 is 22.5 Å². The zero-order valence-corrected chi connectivity index (χ0v) is 9.31. The summed E-state index contributed by atoms with van der Waals surface area (Å²) in [7, 11) is 1.27. The van der Waals surface area contributed by atoms with E-state index in [-0.39, 0.29) is 19.2 Å². The molecule has 0 radical (unpaired) electrons. The molecule has 0 rings (SSSR count). The molecule has 6 heteroatoms. The predicted octanol–water partition coefficient (Wildman–Crippen LogP) is 1.23. The molecule has 0 N–H and O–H groups in total. The van der Waals surface area contributed by atoms with E-state index in [0.717, 1.165) is 6.08 Å². The van der Waals surface area contributed by atoms with Gasteiger partial charge in [-0.1, -0.05) is 17.4 Å². The molecular weight excluding hydrogens is 224 g/mol. The molecule has 0 heterocycles. The predicted molar refractivity (Wildman–Crippen MR) is 58.2 cm³/mol. The molecule has 0 aromatic carbocycles. The Balaban J connectivity index is 3.31. The third-order valence-corrected chi connectivity index (χ3v) is 2.09. The van der Waals surface area contributed by atoms with Crippen molar-refractivity contribution >= 4 is 34.4 Å². The first-order valence-electron chi connectivity index (χ1n) is 3.92. The topological polar surface area (TPSA) is 52.6 Å². The highest BCUT2D eigenvalue weighted by molar-refractivity contribution is 8.68. The van der Waals surface area contributed by atoms with Gasteiger partial charge in [0, 0.05) is 11.8 Å². The lowest BCUT2D eigenvalue weighted by molar-refractivity contribution is -0.149. The molecule has 0 aliphatic rings. The summed E-state index contributed by atoms with van der Waals surface area (Å²) in [5.41, 5.74) is 0. The summed E-state index contributed by atoms with van der Waals surface area (Å²) in [5, 5.41) is 0. The van der Waals surface area contributed by atoms with E-state index in [4.69, 9.17) is 4.74 Å². The second-order valence-corrected chi connectivity index (χ2v) is 3.62. The highest BCUT2D eigenvalue weighted by atomic mass is 33.1. The fourth-order valence-electron chi connectivity index (χ4n) is 0.558. The summed E-state index contributed by atoms with van der Waals surface area (Å²) in [6, 6.07) is 0. The van der Waals surface area contributed by atoms with Gasteiger partial charge in [0.05, 0.1) is 6.42 Å². The van der Waals surface area contributed by atoms with Crippen molar-refractivity contribution in [1.29, 1.82) is 0 Å². The van der Waals surface area contributed by atoms with E-state index in [2.05, 4.69) is 23.0 Å². The first-order chi connectivity index (χ1) is 6.70. The lowest BCUT2D eigenvalue weighted by Gasteiger charge is -2.03. The maximum Gasteiger partial charge on any atom is 0.330 e. The molecule has 0 aliphatic carbocycles. The van der Waals surface area contributed by atoms with Gasteiger partial charge in [-0.2, -0.15) is 0 Å². The molecule has 80 valence electrons. The highest BCUT2D eigenvalue weighted by Crippen LogP contribution is 2.06. The molecule has 4 nitrogen and oxygen atoms in total. The Hall–Kier alpha value is -0.620. The standard InChI is InChI=1S/C8H12O4S2/c1-2-7(9)11-4-5-12-8(10)3-6-14-13/h2,13H,1,3-6H2. The van der Waals surface area contributed by atoms with Crippen LogP contribution in [-0.4, -0.2) is 30.9 Å². The molecule has 0 fully saturated rings. The van der Waals surface area contributed by atoms with Crippen LogP contribution < -0.4 is 0 Å². The van der Waals surface area contributed by atoms with Crippen molar-refractivity contribution < 1.29 is 19.1 Å². The van der Waals surface area contributed by atoms with Gasteiger partial charge in [-0.15, -0.1) is 11.7 Å². The van der Waals surface area contributed by atoms with Gasteiger partial charge in [0.1, 0.15) is 13.2 Å². The van der Waals surface area contributed by atoms with E-state index >= 15 is 0 Å². The van der Waals surface area contributed by atoms with Crippen molar-refractivity contribution in [1.82, 2.24) is 0 Å². The Morgan fingerprint density at radius 3 is 2.57 bits per heavy atom. The smallest absolute Gasteiger partial charge is 0.330 e. The van der Waals surface area contributed by atoms with Gasteiger partial charge in [0.2, 0.25) is 0 Å². The van der Waals surface area contributed by atoms with Crippen LogP contribution in [0.4, 0.5) is 0 Å². The van der Waals surface area contributed by atoms with Crippen LogP contribution in [0.25, 0.3) is 0 Å². The minimum absolute atomic E-state index is 0.0601. The average molecular weight is 236 g/mol. The quantitative estimate of drug-likeness (QED) is 0.237. The van der Waals surface area contributed by atoms with Crippen molar-refractivity contribution in [3.8, 4) is 0 Å². The number of hydrogen-bond acceptors (Lipinski definition) is 6. The largest absolute Gasteiger partial charge is 0.462 e. The second-order valence-electron chi connectivity index (χ2n) is 2.18. The Labute approximate surface area is 91.8 Å². The van der Waals surface area contributed by atoms with Gasteiger partial charge in [0.15, 0.2) is 0 Å². The van der Waals surface area contributed by atoms with E-state index in [0.29, 0.717) is 12.2 Å². The highest BCUT2D eigenvalue weighted by Gasteiger charge is 2.02. The Kier molecular flexibility index (Phi) is 8.56. The molecular formula is C8H12O4S2. The van der Waals surface area contributed by atoms with Crippen LogP contribution in [0.3, 0.4) is 0 Å². The lowest BCUT2D eigenvalue weighted by atomic mass is 10.5. The Bertz CT molecular complexity index is 206. The fourth-order valence-corrected chi connectivity index (χ4v) is 1.09. The van der Waals surface area contributed by atoms with E-state index in [1.54, 1.807) is 0 Å². The van der Waals surface area contributed by atoms with Crippen LogP contribution in [-0.2, 0) is 19.1 Å². The molecule has 0 aliphatic heterocycles. The molecule has 0 saturated carbocycles. The number of esters is 2. The van der Waals surface area contributed by atoms with Crippen LogP contribution in [0, 0.1) is 0 Å². The van der Waals surface area contributed by atoms with Gasteiger partial charge in [-0.05, 0) is 0 Å². The number of carbonyl (C=O) groups excluding carboxylic acids is 2. The molecule has 0 atom stereocenters. The average Bonchev–Trinajstić information content (AvgIpc) is 2.21. The van der Waals surface area contributed by atoms with Gasteiger partial charge < -0.3 is 9.47 Å². The van der Waals surface area contributed by atoms with E-state index in [1.165, 1.54) is 10.8 Å². The van der Waals surface area contributed by atoms with Crippen LogP contribution in [0.2, 0.25) is 0 Å². The van der Waals surface area contributed by atoms with Crippen molar-refractivity contribution in [2.45, 2.75) is 6.42 Å². The Morgan fingerprint density at radius 2 is 2.00 bits per heavy atom. The van der Waals surface area contributed by atoms with Gasteiger partial charge in [-0.25, -0.2) is 4.79 Å². The first-order valence-corrected chi connectivity index (χ1v) is 5.95. The molecule has 0 aromatic heterocycles. The van der Waals surface area contributed by atoms with Gasteiger partial charge >= 0.3 is 11.9 Å². The number of hydrogen-bond donors (Lipinski definition) is 1. The maximum atomic E-state index is 10.9. The summed E-state index contributed by atoms with van der Waals surface area (Å²) in [6.07, 6.45) is 1.36. The van der Waals surface area contributed by atoms with Crippen molar-refractivity contribution in [3.63, 3.8) is 0 Å². The molecule has 0 spiro atoms. The molecule has 0 saturated heterocycles. The molecule has 0 aromatic rings. The number of rotatable bonds is 7. The third kappa shape index (κ3) is 8.00. The minimum Gasteiger partial charge on any atom is -0.462 e. The van der Waals surface area contributed by atoms with Crippen molar-refractivity contribution in [3.05, 3.63) is 12.7 Å². The maximum absolute atomic E-state index is 10.9. The van der Waals surface area contributed by atoms with Crippen LogP contribution in [0.5, 0.6) is 0 Å². The molecule has 0 unspecified atom stereocenters. The number of carbonyl (C=O) groups is 2. The van der Waals surface area contributed by atoms with E-state index in [1.807, 2.05) is 0 Å². The second kappa shape index (κ2) is 8.96. The Morgan fingerprint density at radius 1 is 1.36 bits per heavy atom. The minimum atomic E-state index is -0.521. The summed E-state index contributed by atoms with van der Waals surface area (Å²) in [5.74, 6) is -0.234. The van der Waals surface area contributed by atoms with Crippen molar-refractivity contribution in [2.75, 3.05) is 19.0 Å².